The zero-order valence-electron chi connectivity index (χ0n) is 11.8. The maximum absolute atomic E-state index is 2.41. The van der Waals surface area contributed by atoms with E-state index in [1.807, 2.05) is 0 Å². The summed E-state index contributed by atoms with van der Waals surface area (Å²) in [5.41, 5.74) is 5.74. The monoisotopic (exact) mass is 260 g/mol. The lowest BCUT2D eigenvalue weighted by molar-refractivity contribution is 0.987. The Labute approximate surface area is 121 Å². The highest BCUT2D eigenvalue weighted by atomic mass is 14.1. The van der Waals surface area contributed by atoms with Crippen LogP contribution in [-0.4, -0.2) is 0 Å². The molecular formula is C20H20. The molecule has 0 heterocycles. The van der Waals surface area contributed by atoms with E-state index in [9.17, 15) is 0 Å². The fourth-order valence-electron chi connectivity index (χ4n) is 2.82. The second-order valence-electron chi connectivity index (χ2n) is 5.27. The van der Waals surface area contributed by atoms with Gasteiger partial charge in [-0.3, -0.25) is 0 Å². The van der Waals surface area contributed by atoms with Crippen LogP contribution in [0.3, 0.4) is 0 Å². The Morgan fingerprint density at radius 3 is 1.30 bits per heavy atom. The van der Waals surface area contributed by atoms with Crippen molar-refractivity contribution in [2.75, 3.05) is 0 Å². The Morgan fingerprint density at radius 1 is 0.500 bits per heavy atom. The fourth-order valence-corrected chi connectivity index (χ4v) is 2.82. The molecule has 0 radical (unpaired) electrons. The van der Waals surface area contributed by atoms with Crippen molar-refractivity contribution in [2.45, 2.75) is 25.7 Å². The minimum absolute atomic E-state index is 1.13. The van der Waals surface area contributed by atoms with Gasteiger partial charge >= 0.3 is 0 Å². The average Bonchev–Trinajstić information content (AvgIpc) is 2.49. The highest BCUT2D eigenvalue weighted by Gasteiger charge is 2.07. The lowest BCUT2D eigenvalue weighted by Gasteiger charge is -2.14. The number of hydrogen-bond acceptors (Lipinski definition) is 0. The largest absolute Gasteiger partial charge is 0.0804 e. The van der Waals surface area contributed by atoms with Crippen molar-refractivity contribution in [3.63, 3.8) is 0 Å². The number of hydrogen-bond donors (Lipinski definition) is 0. The molecule has 3 rings (SSSR count). The average molecular weight is 260 g/mol. The molecule has 0 aromatic heterocycles. The third-order valence-electron chi connectivity index (χ3n) is 3.90. The summed E-state index contributed by atoms with van der Waals surface area (Å²) in [7, 11) is 0. The van der Waals surface area contributed by atoms with Gasteiger partial charge in [-0.2, -0.15) is 0 Å². The van der Waals surface area contributed by atoms with Gasteiger partial charge in [0.05, 0.1) is 0 Å². The zero-order chi connectivity index (χ0) is 13.6. The molecule has 0 spiro atoms. The number of benzene rings is 2. The Balaban J connectivity index is 1.79. The molecule has 0 bridgehead atoms. The molecule has 0 fully saturated rings. The van der Waals surface area contributed by atoms with E-state index in [1.54, 1.807) is 0 Å². The molecule has 1 aliphatic rings. The summed E-state index contributed by atoms with van der Waals surface area (Å²) in [5.74, 6) is 0. The lowest BCUT2D eigenvalue weighted by Crippen LogP contribution is -1.92. The van der Waals surface area contributed by atoms with Crippen molar-refractivity contribution in [1.29, 1.82) is 0 Å². The Morgan fingerprint density at radius 2 is 0.900 bits per heavy atom. The van der Waals surface area contributed by atoms with E-state index < -0.39 is 0 Å². The van der Waals surface area contributed by atoms with Gasteiger partial charge in [0, 0.05) is 0 Å². The van der Waals surface area contributed by atoms with E-state index in [-0.39, 0.29) is 0 Å². The molecule has 0 saturated carbocycles. The predicted molar refractivity (Wildman–Crippen MR) is 87.3 cm³/mol. The van der Waals surface area contributed by atoms with E-state index in [2.05, 4.69) is 72.8 Å². The summed E-state index contributed by atoms with van der Waals surface area (Å²) in [4.78, 5) is 0. The SMILES string of the molecule is C1=C(/c2ccccc2)CC/C(c2ccccc2)=C\CC/1. The molecule has 0 saturated heterocycles. The van der Waals surface area contributed by atoms with Gasteiger partial charge < -0.3 is 0 Å². The first-order chi connectivity index (χ1) is 9.93. The summed E-state index contributed by atoms with van der Waals surface area (Å²) in [6, 6.07) is 21.6. The molecule has 0 aliphatic heterocycles. The molecule has 0 atom stereocenters. The first-order valence-electron chi connectivity index (χ1n) is 7.42. The lowest BCUT2D eigenvalue weighted by atomic mass is 9.91. The smallest absolute Gasteiger partial charge is 0.0228 e. The van der Waals surface area contributed by atoms with Crippen LogP contribution in [0.2, 0.25) is 0 Å². The van der Waals surface area contributed by atoms with E-state index in [0.717, 1.165) is 25.7 Å². The molecule has 0 heteroatoms. The molecule has 20 heavy (non-hydrogen) atoms. The van der Waals surface area contributed by atoms with Crippen LogP contribution in [0.1, 0.15) is 36.8 Å². The van der Waals surface area contributed by atoms with Crippen LogP contribution in [0.4, 0.5) is 0 Å². The third-order valence-corrected chi connectivity index (χ3v) is 3.90. The summed E-state index contributed by atoms with van der Waals surface area (Å²) < 4.78 is 0. The zero-order valence-corrected chi connectivity index (χ0v) is 11.8. The highest BCUT2D eigenvalue weighted by Crippen LogP contribution is 2.29. The van der Waals surface area contributed by atoms with Gasteiger partial charge in [0.2, 0.25) is 0 Å². The first-order valence-corrected chi connectivity index (χ1v) is 7.42. The molecule has 100 valence electrons. The fraction of sp³-hybridized carbons (Fsp3) is 0.200. The van der Waals surface area contributed by atoms with Crippen LogP contribution in [-0.2, 0) is 0 Å². The summed E-state index contributed by atoms with van der Waals surface area (Å²) in [6.07, 6.45) is 9.36. The standard InChI is InChI=1S/C20H20/c1-3-9-17(10-4-1)19-13-7-8-14-20(16-15-19)18-11-5-2-6-12-18/h1-6,9-14H,7-8,15-16H2/b19-13+,20-14+. The second kappa shape index (κ2) is 6.38. The van der Waals surface area contributed by atoms with Crippen molar-refractivity contribution in [3.8, 4) is 0 Å². The highest BCUT2D eigenvalue weighted by molar-refractivity contribution is 5.71. The Kier molecular flexibility index (Phi) is 4.13. The molecular weight excluding hydrogens is 240 g/mol. The predicted octanol–water partition coefficient (Wildman–Crippen LogP) is 5.73. The van der Waals surface area contributed by atoms with Gasteiger partial charge in [-0.1, -0.05) is 72.8 Å². The van der Waals surface area contributed by atoms with Crippen LogP contribution in [0.25, 0.3) is 11.1 Å². The van der Waals surface area contributed by atoms with Crippen molar-refractivity contribution < 1.29 is 0 Å². The van der Waals surface area contributed by atoms with Crippen LogP contribution in [0.5, 0.6) is 0 Å². The van der Waals surface area contributed by atoms with Crippen molar-refractivity contribution in [1.82, 2.24) is 0 Å². The molecule has 0 N–H and O–H groups in total. The van der Waals surface area contributed by atoms with Crippen LogP contribution < -0.4 is 0 Å². The molecule has 0 amide bonds. The maximum Gasteiger partial charge on any atom is -0.0228 e. The molecule has 2 aromatic carbocycles. The minimum Gasteiger partial charge on any atom is -0.0804 e. The number of rotatable bonds is 2. The van der Waals surface area contributed by atoms with Gasteiger partial charge in [0.15, 0.2) is 0 Å². The van der Waals surface area contributed by atoms with Gasteiger partial charge in [0.25, 0.3) is 0 Å². The van der Waals surface area contributed by atoms with E-state index >= 15 is 0 Å². The van der Waals surface area contributed by atoms with Crippen LogP contribution >= 0.6 is 0 Å². The molecule has 2 aromatic rings. The third kappa shape index (κ3) is 3.08. The van der Waals surface area contributed by atoms with Gasteiger partial charge in [0.1, 0.15) is 0 Å². The molecule has 0 unspecified atom stereocenters. The van der Waals surface area contributed by atoms with Gasteiger partial charge in [-0.25, -0.2) is 0 Å². The maximum atomic E-state index is 2.41. The topological polar surface area (TPSA) is 0 Å². The summed E-state index contributed by atoms with van der Waals surface area (Å²) >= 11 is 0. The van der Waals surface area contributed by atoms with Gasteiger partial charge in [-0.15, -0.1) is 0 Å². The van der Waals surface area contributed by atoms with E-state index in [1.165, 1.54) is 22.3 Å². The molecule has 0 nitrogen and oxygen atoms in total. The van der Waals surface area contributed by atoms with Crippen molar-refractivity contribution in [2.24, 2.45) is 0 Å². The Bertz CT molecular complexity index is 546. The first kappa shape index (κ1) is 12.9. The quantitative estimate of drug-likeness (QED) is 0.647. The van der Waals surface area contributed by atoms with E-state index in [0.29, 0.717) is 0 Å². The number of allylic oxidation sites excluding steroid dienone is 4. The minimum atomic E-state index is 1.13. The summed E-state index contributed by atoms with van der Waals surface area (Å²) in [6.45, 7) is 0. The second-order valence-corrected chi connectivity index (χ2v) is 5.27. The van der Waals surface area contributed by atoms with Gasteiger partial charge in [-0.05, 0) is 48.0 Å². The Hall–Kier alpha value is -2.08. The molecule has 1 aliphatic carbocycles. The summed E-state index contributed by atoms with van der Waals surface area (Å²) in [5, 5.41) is 0. The van der Waals surface area contributed by atoms with Crippen molar-refractivity contribution >= 4 is 11.1 Å². The van der Waals surface area contributed by atoms with Crippen LogP contribution in [0.15, 0.2) is 72.8 Å². The van der Waals surface area contributed by atoms with E-state index in [4.69, 9.17) is 0 Å². The van der Waals surface area contributed by atoms with Crippen molar-refractivity contribution in [3.05, 3.63) is 83.9 Å². The van der Waals surface area contributed by atoms with Crippen LogP contribution in [0, 0.1) is 0 Å². The normalized spacial score (nSPS) is 21.0.